The van der Waals surface area contributed by atoms with E-state index in [9.17, 15) is 10.5 Å². The van der Waals surface area contributed by atoms with E-state index >= 15 is 0 Å². The highest BCUT2D eigenvalue weighted by Crippen LogP contribution is 2.36. The zero-order valence-electron chi connectivity index (χ0n) is 16.6. The van der Waals surface area contributed by atoms with Gasteiger partial charge in [-0.05, 0) is 19.4 Å². The Kier molecular flexibility index (Phi) is 8.56. The Morgan fingerprint density at radius 1 is 1.17 bits per heavy atom. The minimum Gasteiger partial charge on any atom is -0.396 e. The first-order valence-electron chi connectivity index (χ1n) is 8.95. The highest BCUT2D eigenvalue weighted by Gasteiger charge is 2.21. The van der Waals surface area contributed by atoms with Gasteiger partial charge in [0, 0.05) is 40.8 Å². The lowest BCUT2D eigenvalue weighted by atomic mass is 9.98. The van der Waals surface area contributed by atoms with Crippen LogP contribution in [0.5, 0.6) is 0 Å². The summed E-state index contributed by atoms with van der Waals surface area (Å²) in [5.41, 5.74) is 14.8. The maximum absolute atomic E-state index is 9.72. The fraction of sp³-hybridized carbons (Fsp3) is 0.250. The molecule has 0 aliphatic rings. The van der Waals surface area contributed by atoms with E-state index < -0.39 is 0 Å². The van der Waals surface area contributed by atoms with Crippen LogP contribution in [-0.4, -0.2) is 26.7 Å². The van der Waals surface area contributed by atoms with E-state index in [0.29, 0.717) is 39.2 Å². The Morgan fingerprint density at radius 3 is 2.37 bits per heavy atom. The Morgan fingerprint density at radius 2 is 1.87 bits per heavy atom. The van der Waals surface area contributed by atoms with Crippen molar-refractivity contribution in [2.45, 2.75) is 31.0 Å². The molecule has 0 radical (unpaired) electrons. The van der Waals surface area contributed by atoms with Crippen molar-refractivity contribution in [1.82, 2.24) is 15.0 Å². The first-order chi connectivity index (χ1) is 14.4. The summed E-state index contributed by atoms with van der Waals surface area (Å²) in [4.78, 5) is 12.7. The largest absolute Gasteiger partial charge is 0.396 e. The van der Waals surface area contributed by atoms with Crippen LogP contribution in [0.25, 0.3) is 11.1 Å². The molecule has 0 aliphatic heterocycles. The number of aliphatic hydroxyl groups is 1. The van der Waals surface area contributed by atoms with Gasteiger partial charge in [-0.15, -0.1) is 11.3 Å². The molecule has 5 N–H and O–H groups in total. The van der Waals surface area contributed by atoms with Gasteiger partial charge in [0.2, 0.25) is 0 Å². The number of pyridine rings is 2. The molecule has 0 aromatic carbocycles. The summed E-state index contributed by atoms with van der Waals surface area (Å²) in [6.45, 7) is 4.11. The summed E-state index contributed by atoms with van der Waals surface area (Å²) in [6.07, 6.45) is 2.50. The van der Waals surface area contributed by atoms with Crippen molar-refractivity contribution in [3.63, 3.8) is 0 Å². The number of aromatic nitrogens is 3. The highest BCUT2D eigenvalue weighted by molar-refractivity contribution is 7.98. The van der Waals surface area contributed by atoms with Crippen molar-refractivity contribution in [2.75, 3.05) is 18.1 Å². The molecule has 3 rings (SSSR count). The molecule has 0 unspecified atom stereocenters. The summed E-state index contributed by atoms with van der Waals surface area (Å²) in [6, 6.07) is 7.85. The number of nitrogen functional groups attached to an aromatic ring is 2. The predicted octanol–water partition coefficient (Wildman–Crippen LogP) is 3.50. The molecule has 3 aromatic heterocycles. The molecule has 30 heavy (non-hydrogen) atoms. The van der Waals surface area contributed by atoms with Gasteiger partial charge in [0.05, 0.1) is 11.3 Å². The van der Waals surface area contributed by atoms with Gasteiger partial charge in [-0.1, -0.05) is 24.8 Å². The number of rotatable bonds is 5. The maximum atomic E-state index is 9.72. The maximum Gasteiger partial charge on any atom is 0.180 e. The molecule has 0 amide bonds. The molecule has 10 heteroatoms. The molecule has 0 bridgehead atoms. The summed E-state index contributed by atoms with van der Waals surface area (Å²) in [5.74, 6) is 0.578. The number of hydrogen-bond donors (Lipinski definition) is 3. The van der Waals surface area contributed by atoms with Crippen molar-refractivity contribution < 1.29 is 5.11 Å². The Bertz CT molecular complexity index is 1080. The van der Waals surface area contributed by atoms with Gasteiger partial charge in [-0.25, -0.2) is 9.97 Å². The average molecular weight is 440 g/mol. The predicted molar refractivity (Wildman–Crippen MR) is 120 cm³/mol. The van der Waals surface area contributed by atoms with Gasteiger partial charge in [0.1, 0.15) is 28.5 Å². The second-order valence-electron chi connectivity index (χ2n) is 6.03. The first-order valence-corrected chi connectivity index (χ1v) is 10.8. The van der Waals surface area contributed by atoms with Crippen molar-refractivity contribution in [1.29, 1.82) is 10.5 Å². The van der Waals surface area contributed by atoms with E-state index in [1.54, 1.807) is 6.20 Å². The molecule has 0 aliphatic carbocycles. The quantitative estimate of drug-likeness (QED) is 0.506. The summed E-state index contributed by atoms with van der Waals surface area (Å²) in [5, 5.41) is 29.9. The number of thioether (sulfide) groups is 1. The first kappa shape index (κ1) is 23.1. The van der Waals surface area contributed by atoms with E-state index in [-0.39, 0.29) is 11.4 Å². The Labute approximate surface area is 183 Å². The van der Waals surface area contributed by atoms with Gasteiger partial charge in [-0.3, -0.25) is 4.98 Å². The number of nitriles is 2. The smallest absolute Gasteiger partial charge is 0.180 e. The molecule has 8 nitrogen and oxygen atoms in total. The zero-order valence-corrected chi connectivity index (χ0v) is 18.2. The van der Waals surface area contributed by atoms with Gasteiger partial charge in [-0.2, -0.15) is 10.5 Å². The van der Waals surface area contributed by atoms with Gasteiger partial charge in [0.25, 0.3) is 0 Å². The van der Waals surface area contributed by atoms with E-state index in [1.807, 2.05) is 31.4 Å². The average Bonchev–Trinajstić information content (AvgIpc) is 3.17. The van der Waals surface area contributed by atoms with E-state index in [2.05, 4.69) is 27.1 Å². The third-order valence-corrected chi connectivity index (χ3v) is 5.50. The van der Waals surface area contributed by atoms with Crippen molar-refractivity contribution in [3.8, 4) is 23.3 Å². The van der Waals surface area contributed by atoms with Crippen LogP contribution in [0.2, 0.25) is 0 Å². The number of thiazole rings is 1. The molecule has 3 heterocycles. The minimum absolute atomic E-state index is 0.0855. The number of aliphatic hydroxyl groups excluding tert-OH is 1. The van der Waals surface area contributed by atoms with Crippen LogP contribution in [0.15, 0.2) is 28.7 Å². The van der Waals surface area contributed by atoms with Gasteiger partial charge < -0.3 is 16.6 Å². The third kappa shape index (κ3) is 5.67. The molecule has 0 saturated carbocycles. The van der Waals surface area contributed by atoms with Crippen molar-refractivity contribution in [2.24, 2.45) is 0 Å². The molecule has 154 valence electrons. The lowest BCUT2D eigenvalue weighted by Crippen LogP contribution is -2.03. The Balaban J connectivity index is 0.000000735. The number of aryl methyl sites for hydroxylation is 1. The zero-order chi connectivity index (χ0) is 22.1. The monoisotopic (exact) mass is 439 g/mol. The molecular weight excluding hydrogens is 418 g/mol. The number of anilines is 2. The Hall–Kier alpha value is -3.18. The molecule has 0 spiro atoms. The van der Waals surface area contributed by atoms with Gasteiger partial charge in [0.15, 0.2) is 5.13 Å². The van der Waals surface area contributed by atoms with Crippen LogP contribution in [0, 0.1) is 29.6 Å². The van der Waals surface area contributed by atoms with Crippen LogP contribution in [0.1, 0.15) is 35.9 Å². The molecular formula is C20H21N7OS2. The lowest BCUT2D eigenvalue weighted by molar-refractivity contribution is 0.295. The van der Waals surface area contributed by atoms with E-state index in [4.69, 9.17) is 16.6 Å². The number of hydrogen-bond acceptors (Lipinski definition) is 10. The summed E-state index contributed by atoms with van der Waals surface area (Å²) in [7, 11) is 0. The molecule has 0 fully saturated rings. The topological polar surface area (TPSA) is 159 Å². The minimum atomic E-state index is 0.0855. The second kappa shape index (κ2) is 11.1. The van der Waals surface area contributed by atoms with Crippen LogP contribution in [-0.2, 0) is 5.75 Å². The normalized spacial score (nSPS) is 9.90. The van der Waals surface area contributed by atoms with E-state index in [0.717, 1.165) is 17.8 Å². The summed E-state index contributed by atoms with van der Waals surface area (Å²) < 4.78 is 0. The molecule has 0 atom stereocenters. The van der Waals surface area contributed by atoms with Crippen molar-refractivity contribution in [3.05, 3.63) is 46.2 Å². The fourth-order valence-electron chi connectivity index (χ4n) is 2.34. The molecule has 3 aromatic rings. The van der Waals surface area contributed by atoms with Crippen molar-refractivity contribution >= 4 is 34.0 Å². The third-order valence-electron chi connectivity index (χ3n) is 3.77. The second-order valence-corrected chi connectivity index (χ2v) is 7.88. The summed E-state index contributed by atoms with van der Waals surface area (Å²) >= 11 is 2.68. The highest BCUT2D eigenvalue weighted by atomic mass is 32.2. The standard InChI is InChI=1S/C17H13N7S2.C3H8O/c1-9-2-3-10(6-22-9)14-12(4-18)15(20)24-16(13(14)5-19)25-7-11-8-26-17(21)23-11;1-2-3-4/h2-3,6,8H,7H2,1H3,(H2,20,24)(H2,21,23);4H,2-3H2,1H3. The molecule has 0 saturated heterocycles. The number of nitrogens with zero attached hydrogens (tertiary/aromatic N) is 5. The van der Waals surface area contributed by atoms with Crippen LogP contribution in [0.4, 0.5) is 10.9 Å². The number of nitrogens with two attached hydrogens (primary N) is 2. The van der Waals surface area contributed by atoms with Gasteiger partial charge >= 0.3 is 0 Å². The SMILES string of the molecule is CCCO.Cc1ccc(-c2c(C#N)c(N)nc(SCc3csc(N)n3)c2C#N)cn1. The van der Waals surface area contributed by atoms with E-state index in [1.165, 1.54) is 23.1 Å². The lowest BCUT2D eigenvalue weighted by Gasteiger charge is -2.12. The fourth-order valence-corrected chi connectivity index (χ4v) is 3.89. The van der Waals surface area contributed by atoms with Crippen LogP contribution < -0.4 is 11.5 Å². The van der Waals surface area contributed by atoms with Crippen LogP contribution >= 0.6 is 23.1 Å². The van der Waals surface area contributed by atoms with Crippen LogP contribution in [0.3, 0.4) is 0 Å².